The minimum atomic E-state index is -3.36. The molecule has 0 amide bonds. The average molecular weight is 300 g/mol. The zero-order chi connectivity index (χ0) is 13.9. The lowest BCUT2D eigenvalue weighted by molar-refractivity contribution is 0.450. The van der Waals surface area contributed by atoms with Crippen molar-refractivity contribution < 1.29 is 13.2 Å². The van der Waals surface area contributed by atoms with Crippen LogP contribution in [0.1, 0.15) is 6.92 Å². The average Bonchev–Trinajstić information content (AvgIpc) is 2.39. The summed E-state index contributed by atoms with van der Waals surface area (Å²) in [4.78, 5) is 3.85. The van der Waals surface area contributed by atoms with E-state index >= 15 is 0 Å². The van der Waals surface area contributed by atoms with Crippen molar-refractivity contribution in [3.8, 4) is 11.6 Å². The Bertz CT molecular complexity index is 674. The van der Waals surface area contributed by atoms with Gasteiger partial charge in [-0.05, 0) is 6.07 Å². The van der Waals surface area contributed by atoms with Crippen molar-refractivity contribution in [3.63, 3.8) is 0 Å². The molecule has 2 heterocycles. The Hall–Kier alpha value is -1.73. The van der Waals surface area contributed by atoms with Gasteiger partial charge >= 0.3 is 0 Å². The molecular formula is C11H10ClN3O3S. The van der Waals surface area contributed by atoms with E-state index in [1.165, 1.54) is 24.5 Å². The molecule has 2 aromatic rings. The van der Waals surface area contributed by atoms with E-state index in [-0.39, 0.29) is 16.7 Å². The molecule has 0 radical (unpaired) electrons. The molecule has 6 nitrogen and oxygen atoms in total. The Balaban J connectivity index is 2.20. The lowest BCUT2D eigenvalue weighted by Gasteiger charge is -2.04. The van der Waals surface area contributed by atoms with Gasteiger partial charge in [0.25, 0.3) is 0 Å². The summed E-state index contributed by atoms with van der Waals surface area (Å²) < 4.78 is 28.4. The summed E-state index contributed by atoms with van der Waals surface area (Å²) in [6.07, 6.45) is 2.93. The van der Waals surface area contributed by atoms with Crippen molar-refractivity contribution in [3.05, 3.63) is 35.6 Å². The van der Waals surface area contributed by atoms with Crippen LogP contribution in [-0.4, -0.2) is 29.4 Å². The zero-order valence-electron chi connectivity index (χ0n) is 9.95. The highest BCUT2D eigenvalue weighted by molar-refractivity contribution is 7.91. The van der Waals surface area contributed by atoms with Crippen molar-refractivity contribution in [1.29, 1.82) is 0 Å². The number of rotatable bonds is 4. The number of halogens is 1. The number of ether oxygens (including phenoxy) is 1. The quantitative estimate of drug-likeness (QED) is 0.860. The lowest BCUT2D eigenvalue weighted by atomic mass is 10.4. The van der Waals surface area contributed by atoms with Crippen LogP contribution in [-0.2, 0) is 9.84 Å². The molecule has 0 aliphatic rings. The predicted octanol–water partition coefficient (Wildman–Crippen LogP) is 2.11. The number of aromatic nitrogens is 3. The molecule has 0 fully saturated rings. The summed E-state index contributed by atoms with van der Waals surface area (Å²) in [6, 6.07) is 4.34. The number of sulfone groups is 1. The smallest absolute Gasteiger partial charge is 0.238 e. The second-order valence-corrected chi connectivity index (χ2v) is 6.22. The van der Waals surface area contributed by atoms with E-state index in [0.29, 0.717) is 10.8 Å². The van der Waals surface area contributed by atoms with Gasteiger partial charge in [-0.15, -0.1) is 10.2 Å². The van der Waals surface area contributed by atoms with Crippen LogP contribution in [0.4, 0.5) is 0 Å². The van der Waals surface area contributed by atoms with Gasteiger partial charge in [0.05, 0.1) is 17.0 Å². The number of hydrogen-bond donors (Lipinski definition) is 0. The molecule has 2 rings (SSSR count). The topological polar surface area (TPSA) is 82.0 Å². The molecule has 0 aliphatic carbocycles. The van der Waals surface area contributed by atoms with E-state index in [0.717, 1.165) is 0 Å². The van der Waals surface area contributed by atoms with Crippen LogP contribution in [0, 0.1) is 0 Å². The van der Waals surface area contributed by atoms with Gasteiger partial charge in [-0.1, -0.05) is 18.5 Å². The first-order chi connectivity index (χ1) is 9.01. The summed E-state index contributed by atoms with van der Waals surface area (Å²) in [5.41, 5.74) is 0. The molecule has 0 bridgehead atoms. The first kappa shape index (κ1) is 13.7. The molecule has 8 heteroatoms. The van der Waals surface area contributed by atoms with Crippen molar-refractivity contribution in [2.24, 2.45) is 0 Å². The molecule has 0 aromatic carbocycles. The van der Waals surface area contributed by atoms with Crippen molar-refractivity contribution in [2.45, 2.75) is 11.9 Å². The molecule has 0 saturated heterocycles. The molecule has 0 unspecified atom stereocenters. The molecular weight excluding hydrogens is 290 g/mol. The summed E-state index contributed by atoms with van der Waals surface area (Å²) in [5, 5.41) is 7.67. The van der Waals surface area contributed by atoms with Gasteiger partial charge in [-0.3, -0.25) is 4.98 Å². The largest absolute Gasteiger partial charge is 0.436 e. The highest BCUT2D eigenvalue weighted by Crippen LogP contribution is 2.21. The molecule has 0 atom stereocenters. The van der Waals surface area contributed by atoms with E-state index < -0.39 is 9.84 Å². The Morgan fingerprint density at radius 2 is 2.05 bits per heavy atom. The van der Waals surface area contributed by atoms with E-state index in [9.17, 15) is 8.42 Å². The van der Waals surface area contributed by atoms with Crippen LogP contribution in [0.5, 0.6) is 11.6 Å². The van der Waals surface area contributed by atoms with E-state index in [4.69, 9.17) is 16.3 Å². The van der Waals surface area contributed by atoms with Crippen molar-refractivity contribution in [2.75, 3.05) is 5.75 Å². The highest BCUT2D eigenvalue weighted by atomic mass is 35.5. The standard InChI is InChI=1S/C11H10ClN3O3S/c1-2-19(16,17)11-4-3-10(14-15-11)18-9-5-8(12)6-13-7-9/h3-7H,2H2,1H3. The van der Waals surface area contributed by atoms with Crippen LogP contribution in [0.3, 0.4) is 0 Å². The minimum absolute atomic E-state index is 0.0277. The lowest BCUT2D eigenvalue weighted by Crippen LogP contribution is -2.07. The fraction of sp³-hybridized carbons (Fsp3) is 0.182. The first-order valence-corrected chi connectivity index (χ1v) is 7.39. The van der Waals surface area contributed by atoms with Gasteiger partial charge in [0.1, 0.15) is 5.75 Å². The summed E-state index contributed by atoms with van der Waals surface area (Å²) in [5.74, 6) is 0.534. The van der Waals surface area contributed by atoms with Crippen LogP contribution >= 0.6 is 11.6 Å². The normalized spacial score (nSPS) is 11.3. The number of hydrogen-bond acceptors (Lipinski definition) is 6. The highest BCUT2D eigenvalue weighted by Gasteiger charge is 2.14. The Kier molecular flexibility index (Phi) is 3.96. The Morgan fingerprint density at radius 1 is 1.26 bits per heavy atom. The van der Waals surface area contributed by atoms with Crippen LogP contribution < -0.4 is 4.74 Å². The Morgan fingerprint density at radius 3 is 2.63 bits per heavy atom. The fourth-order valence-electron chi connectivity index (χ4n) is 1.24. The maximum Gasteiger partial charge on any atom is 0.238 e. The van der Waals surface area contributed by atoms with Gasteiger partial charge < -0.3 is 4.74 Å². The third-order valence-corrected chi connectivity index (χ3v) is 4.04. The molecule has 0 N–H and O–H groups in total. The second-order valence-electron chi connectivity index (χ2n) is 3.55. The Labute approximate surface area is 115 Å². The van der Waals surface area contributed by atoms with Crippen LogP contribution in [0.15, 0.2) is 35.6 Å². The molecule has 0 saturated carbocycles. The van der Waals surface area contributed by atoms with E-state index in [2.05, 4.69) is 15.2 Å². The van der Waals surface area contributed by atoms with Gasteiger partial charge in [0, 0.05) is 18.3 Å². The summed E-state index contributed by atoms with van der Waals surface area (Å²) >= 11 is 5.76. The summed E-state index contributed by atoms with van der Waals surface area (Å²) in [7, 11) is -3.36. The number of pyridine rings is 1. The maximum absolute atomic E-state index is 11.5. The van der Waals surface area contributed by atoms with Crippen molar-refractivity contribution in [1.82, 2.24) is 15.2 Å². The molecule has 100 valence electrons. The first-order valence-electron chi connectivity index (χ1n) is 5.36. The summed E-state index contributed by atoms with van der Waals surface area (Å²) in [6.45, 7) is 1.54. The third kappa shape index (κ3) is 3.39. The fourth-order valence-corrected chi connectivity index (χ4v) is 2.15. The minimum Gasteiger partial charge on any atom is -0.436 e. The SMILES string of the molecule is CCS(=O)(=O)c1ccc(Oc2cncc(Cl)c2)nn1. The predicted molar refractivity (Wildman–Crippen MR) is 69.1 cm³/mol. The van der Waals surface area contributed by atoms with Crippen molar-refractivity contribution >= 4 is 21.4 Å². The molecule has 2 aromatic heterocycles. The van der Waals surface area contributed by atoms with Gasteiger partial charge in [0.2, 0.25) is 5.88 Å². The molecule has 0 spiro atoms. The third-order valence-electron chi connectivity index (χ3n) is 2.22. The second kappa shape index (κ2) is 5.50. The van der Waals surface area contributed by atoms with Crippen LogP contribution in [0.25, 0.3) is 0 Å². The zero-order valence-corrected chi connectivity index (χ0v) is 11.5. The van der Waals surface area contributed by atoms with Gasteiger partial charge in [0.15, 0.2) is 14.9 Å². The van der Waals surface area contributed by atoms with Gasteiger partial charge in [-0.25, -0.2) is 8.42 Å². The van der Waals surface area contributed by atoms with Crippen LogP contribution in [0.2, 0.25) is 5.02 Å². The van der Waals surface area contributed by atoms with Gasteiger partial charge in [-0.2, -0.15) is 0 Å². The number of nitrogens with zero attached hydrogens (tertiary/aromatic N) is 3. The van der Waals surface area contributed by atoms with E-state index in [1.54, 1.807) is 13.0 Å². The molecule has 19 heavy (non-hydrogen) atoms. The van der Waals surface area contributed by atoms with E-state index in [1.807, 2.05) is 0 Å². The maximum atomic E-state index is 11.5. The molecule has 0 aliphatic heterocycles. The monoisotopic (exact) mass is 299 g/mol.